The van der Waals surface area contributed by atoms with Crippen LogP contribution in [0.4, 0.5) is 0 Å². The molecule has 32 heavy (non-hydrogen) atoms. The lowest BCUT2D eigenvalue weighted by molar-refractivity contribution is 0.241. The summed E-state index contributed by atoms with van der Waals surface area (Å²) in [5, 5.41) is 2.23. The molecule has 6 heteroatoms. The second-order valence-corrected chi connectivity index (χ2v) is 9.16. The molecule has 0 radical (unpaired) electrons. The maximum atomic E-state index is 12.5. The first-order valence-electron chi connectivity index (χ1n) is 11.8. The van der Waals surface area contributed by atoms with Crippen molar-refractivity contribution < 1.29 is 9.47 Å². The third-order valence-electron chi connectivity index (χ3n) is 6.57. The van der Waals surface area contributed by atoms with Crippen molar-refractivity contribution in [1.82, 2.24) is 9.66 Å². The van der Waals surface area contributed by atoms with Crippen LogP contribution >= 0.6 is 0 Å². The van der Waals surface area contributed by atoms with Crippen molar-refractivity contribution >= 4 is 11.0 Å². The van der Waals surface area contributed by atoms with E-state index >= 15 is 0 Å². The Morgan fingerprint density at radius 1 is 1.22 bits per heavy atom. The zero-order valence-electron chi connectivity index (χ0n) is 19.5. The van der Waals surface area contributed by atoms with Gasteiger partial charge in [-0.3, -0.25) is 0 Å². The van der Waals surface area contributed by atoms with Crippen molar-refractivity contribution in [2.24, 2.45) is 11.8 Å². The highest BCUT2D eigenvalue weighted by atomic mass is 16.5. The number of imidazole rings is 1. The van der Waals surface area contributed by atoms with Gasteiger partial charge in [0, 0.05) is 19.2 Å². The maximum absolute atomic E-state index is 12.5. The number of methoxy groups -OCH3 is 1. The number of fused-ring (bicyclic) bond motifs is 1. The van der Waals surface area contributed by atoms with Crippen LogP contribution in [-0.2, 0) is 0 Å². The summed E-state index contributed by atoms with van der Waals surface area (Å²) in [5.41, 5.74) is 2.97. The molecule has 1 fully saturated rings. The number of aromatic amines is 1. The Labute approximate surface area is 190 Å². The van der Waals surface area contributed by atoms with E-state index in [1.165, 1.54) is 19.3 Å². The van der Waals surface area contributed by atoms with Gasteiger partial charge < -0.3 is 19.5 Å². The van der Waals surface area contributed by atoms with E-state index in [1.54, 1.807) is 7.11 Å². The molecule has 0 aliphatic carbocycles. The molecule has 1 aromatic heterocycles. The molecule has 0 bridgehead atoms. The number of ether oxygens (including phenoxy) is 2. The number of piperidine rings is 1. The quantitative estimate of drug-likeness (QED) is 0.518. The van der Waals surface area contributed by atoms with Gasteiger partial charge in [-0.25, -0.2) is 9.47 Å². The van der Waals surface area contributed by atoms with Gasteiger partial charge >= 0.3 is 5.69 Å². The predicted octanol–water partition coefficient (Wildman–Crippen LogP) is 4.88. The molecule has 1 aliphatic heterocycles. The highest BCUT2D eigenvalue weighted by Crippen LogP contribution is 2.26. The van der Waals surface area contributed by atoms with E-state index in [9.17, 15) is 4.79 Å². The summed E-state index contributed by atoms with van der Waals surface area (Å²) >= 11 is 0. The fraction of sp³-hybridized carbons (Fsp3) is 0.500. The highest BCUT2D eigenvalue weighted by Gasteiger charge is 2.23. The number of hydrogen-bond donors (Lipinski definition) is 1. The highest BCUT2D eigenvalue weighted by molar-refractivity contribution is 5.75. The number of aryl methyl sites for hydroxylation is 1. The van der Waals surface area contributed by atoms with Gasteiger partial charge in [-0.2, -0.15) is 0 Å². The van der Waals surface area contributed by atoms with Gasteiger partial charge in [-0.15, -0.1) is 0 Å². The molecule has 2 unspecified atom stereocenters. The number of nitrogens with zero attached hydrogens (tertiary/aromatic N) is 2. The molecule has 172 valence electrons. The van der Waals surface area contributed by atoms with Crippen LogP contribution in [0.25, 0.3) is 11.0 Å². The summed E-state index contributed by atoms with van der Waals surface area (Å²) in [5.74, 6) is 2.85. The Bertz CT molecular complexity index is 1090. The minimum absolute atomic E-state index is 0.0366. The third kappa shape index (κ3) is 5.12. The lowest BCUT2D eigenvalue weighted by Gasteiger charge is -2.34. The van der Waals surface area contributed by atoms with E-state index in [0.717, 1.165) is 60.6 Å². The number of para-hydroxylation sites is 2. The zero-order chi connectivity index (χ0) is 22.5. The Morgan fingerprint density at radius 3 is 2.91 bits per heavy atom. The summed E-state index contributed by atoms with van der Waals surface area (Å²) in [6.45, 7) is 6.91. The maximum Gasteiger partial charge on any atom is 0.345 e. The van der Waals surface area contributed by atoms with E-state index in [-0.39, 0.29) is 5.69 Å². The fourth-order valence-electron chi connectivity index (χ4n) is 4.72. The minimum atomic E-state index is -0.0366. The molecular weight excluding hydrogens is 402 g/mol. The Morgan fingerprint density at radius 2 is 2.06 bits per heavy atom. The summed E-state index contributed by atoms with van der Waals surface area (Å²) < 4.78 is 13.2. The average molecular weight is 438 g/mol. The molecule has 6 nitrogen and oxygen atoms in total. The van der Waals surface area contributed by atoms with Gasteiger partial charge in [-0.1, -0.05) is 31.5 Å². The van der Waals surface area contributed by atoms with Gasteiger partial charge in [0.15, 0.2) is 0 Å². The number of hydrogen-bond acceptors (Lipinski definition) is 4. The molecule has 4 rings (SSSR count). The number of rotatable bonds is 9. The average Bonchev–Trinajstić information content (AvgIpc) is 3.14. The van der Waals surface area contributed by atoms with Gasteiger partial charge in [0.1, 0.15) is 11.5 Å². The van der Waals surface area contributed by atoms with Gasteiger partial charge in [0.25, 0.3) is 0 Å². The van der Waals surface area contributed by atoms with Crippen molar-refractivity contribution in [2.45, 2.75) is 46.0 Å². The van der Waals surface area contributed by atoms with Crippen molar-refractivity contribution in [3.8, 4) is 11.5 Å². The van der Waals surface area contributed by atoms with Gasteiger partial charge in [0.2, 0.25) is 0 Å². The van der Waals surface area contributed by atoms with Gasteiger partial charge in [-0.05, 0) is 68.2 Å². The summed E-state index contributed by atoms with van der Waals surface area (Å²) in [4.78, 5) is 15.5. The lowest BCUT2D eigenvalue weighted by atomic mass is 9.92. The normalized spacial score (nSPS) is 17.5. The van der Waals surface area contributed by atoms with Crippen molar-refractivity contribution in [1.29, 1.82) is 0 Å². The lowest BCUT2D eigenvalue weighted by Crippen LogP contribution is -2.47. The molecule has 3 aromatic rings. The fourth-order valence-corrected chi connectivity index (χ4v) is 4.72. The van der Waals surface area contributed by atoms with Crippen LogP contribution in [0.5, 0.6) is 11.5 Å². The molecule has 1 N–H and O–H groups in total. The number of nitrogens with one attached hydrogen (secondary N) is 1. The smallest absolute Gasteiger partial charge is 0.345 e. The number of H-pyrrole nitrogens is 1. The molecule has 0 amide bonds. The van der Waals surface area contributed by atoms with E-state index in [2.05, 4.69) is 23.8 Å². The molecule has 0 spiro atoms. The first-order valence-corrected chi connectivity index (χ1v) is 11.8. The van der Waals surface area contributed by atoms with E-state index in [1.807, 2.05) is 47.1 Å². The van der Waals surface area contributed by atoms with Crippen LogP contribution in [-0.4, -0.2) is 36.5 Å². The third-order valence-corrected chi connectivity index (χ3v) is 6.57. The molecule has 2 atom stereocenters. The Balaban J connectivity index is 1.26. The van der Waals surface area contributed by atoms with Crippen molar-refractivity contribution in [2.75, 3.05) is 31.8 Å². The van der Waals surface area contributed by atoms with Crippen molar-refractivity contribution in [3.05, 3.63) is 58.5 Å². The van der Waals surface area contributed by atoms with Crippen LogP contribution < -0.4 is 20.2 Å². The molecule has 2 aromatic carbocycles. The van der Waals surface area contributed by atoms with Crippen LogP contribution in [0.1, 0.15) is 44.6 Å². The Hall–Kier alpha value is -2.89. The summed E-state index contributed by atoms with van der Waals surface area (Å²) in [6.07, 6.45) is 5.89. The topological polar surface area (TPSA) is 59.5 Å². The Kier molecular flexibility index (Phi) is 7.08. The monoisotopic (exact) mass is 437 g/mol. The zero-order valence-corrected chi connectivity index (χ0v) is 19.5. The van der Waals surface area contributed by atoms with Crippen LogP contribution in [0.2, 0.25) is 0 Å². The SMILES string of the molecule is COc1ccc(C)c(OCC(C)CCCC2CCCN(n3c(=O)[nH]c4ccccc43)C2)c1. The van der Waals surface area contributed by atoms with Crippen LogP contribution in [0.15, 0.2) is 47.3 Å². The molecular formula is C26H35N3O3. The van der Waals surface area contributed by atoms with E-state index in [0.29, 0.717) is 11.8 Å². The molecule has 0 saturated carbocycles. The van der Waals surface area contributed by atoms with E-state index in [4.69, 9.17) is 9.47 Å². The van der Waals surface area contributed by atoms with Crippen LogP contribution in [0, 0.1) is 18.8 Å². The molecule has 2 heterocycles. The summed E-state index contributed by atoms with van der Waals surface area (Å²) in [7, 11) is 1.68. The standard InChI is InChI=1S/C26H35N3O3/c1-19(18-32-25-16-22(31-3)14-13-20(25)2)8-6-9-21-10-7-15-28(17-21)29-24-12-5-4-11-23(24)27-26(29)30/h4-5,11-14,16,19,21H,6-10,15,17-18H2,1-3H3,(H,27,30). The van der Waals surface area contributed by atoms with Crippen molar-refractivity contribution in [3.63, 3.8) is 0 Å². The summed E-state index contributed by atoms with van der Waals surface area (Å²) in [6, 6.07) is 13.9. The van der Waals surface area contributed by atoms with Crippen LogP contribution in [0.3, 0.4) is 0 Å². The first-order chi connectivity index (χ1) is 15.5. The number of aromatic nitrogens is 2. The predicted molar refractivity (Wildman–Crippen MR) is 129 cm³/mol. The van der Waals surface area contributed by atoms with E-state index < -0.39 is 0 Å². The molecule has 1 aliphatic rings. The minimum Gasteiger partial charge on any atom is -0.497 e. The second-order valence-electron chi connectivity index (χ2n) is 9.16. The first kappa shape index (κ1) is 22.3. The largest absolute Gasteiger partial charge is 0.497 e. The molecule has 1 saturated heterocycles. The number of benzene rings is 2. The second kappa shape index (κ2) is 10.2. The van der Waals surface area contributed by atoms with Gasteiger partial charge in [0.05, 0.1) is 24.8 Å².